The van der Waals surface area contributed by atoms with Crippen molar-refractivity contribution in [1.29, 1.82) is 0 Å². The van der Waals surface area contributed by atoms with E-state index in [1.165, 1.54) is 0 Å². The number of hydrogen-bond donors (Lipinski definition) is 1. The van der Waals surface area contributed by atoms with Crippen LogP contribution in [0.25, 0.3) is 28.0 Å². The van der Waals surface area contributed by atoms with Crippen LogP contribution in [0.1, 0.15) is 17.7 Å². The van der Waals surface area contributed by atoms with Gasteiger partial charge in [0.05, 0.1) is 25.6 Å². The minimum absolute atomic E-state index is 0.0280. The molecule has 0 aliphatic carbocycles. The lowest BCUT2D eigenvalue weighted by Crippen LogP contribution is -2.26. The summed E-state index contributed by atoms with van der Waals surface area (Å²) in [6.45, 7) is 0.516. The number of rotatable bonds is 10. The van der Waals surface area contributed by atoms with E-state index in [2.05, 4.69) is 9.72 Å². The number of ether oxygens (including phenoxy) is 2. The fourth-order valence-electron chi connectivity index (χ4n) is 4.73. The summed E-state index contributed by atoms with van der Waals surface area (Å²) in [6, 6.07) is 25.1. The second-order valence-electron chi connectivity index (χ2n) is 9.33. The van der Waals surface area contributed by atoms with Gasteiger partial charge in [0.25, 0.3) is 0 Å². The molecule has 0 spiro atoms. The number of pyridine rings is 1. The summed E-state index contributed by atoms with van der Waals surface area (Å²) < 4.78 is 12.7. The van der Waals surface area contributed by atoms with Gasteiger partial charge < -0.3 is 19.2 Å². The molecule has 0 aliphatic heterocycles. The van der Waals surface area contributed by atoms with E-state index in [1.54, 1.807) is 14.2 Å². The number of hydrogen-bond acceptors (Lipinski definition) is 4. The summed E-state index contributed by atoms with van der Waals surface area (Å²) >= 11 is 12.6. The van der Waals surface area contributed by atoms with Crippen molar-refractivity contribution in [2.24, 2.45) is 0 Å². The summed E-state index contributed by atoms with van der Waals surface area (Å²) in [5.74, 6) is 1.32. The lowest BCUT2D eigenvalue weighted by atomic mass is 10.1. The van der Waals surface area contributed by atoms with Crippen LogP contribution in [-0.2, 0) is 17.6 Å². The molecule has 3 aromatic carbocycles. The molecule has 0 bridgehead atoms. The van der Waals surface area contributed by atoms with Gasteiger partial charge in [0, 0.05) is 40.3 Å². The Morgan fingerprint density at radius 2 is 1.62 bits per heavy atom. The molecule has 8 heteroatoms. The number of aromatic nitrogens is 2. The van der Waals surface area contributed by atoms with Gasteiger partial charge in [-0.15, -0.1) is 0 Å². The molecule has 40 heavy (non-hydrogen) atoms. The number of nitrogens with zero attached hydrogens (tertiary/aromatic N) is 2. The summed E-state index contributed by atoms with van der Waals surface area (Å²) in [7, 11) is 3.22. The molecule has 0 aliphatic rings. The molecule has 0 saturated heterocycles. The van der Waals surface area contributed by atoms with Crippen LogP contribution in [0.4, 0.5) is 0 Å². The van der Waals surface area contributed by atoms with Crippen molar-refractivity contribution in [3.05, 3.63) is 106 Å². The highest BCUT2D eigenvalue weighted by Crippen LogP contribution is 2.32. The van der Waals surface area contributed by atoms with Crippen molar-refractivity contribution in [3.63, 3.8) is 0 Å². The molecule has 6 nitrogen and oxygen atoms in total. The highest BCUT2D eigenvalue weighted by Gasteiger charge is 2.17. The molecule has 1 N–H and O–H groups in total. The lowest BCUT2D eigenvalue weighted by molar-refractivity contribution is -0.121. The number of amides is 1. The van der Waals surface area contributed by atoms with Crippen LogP contribution in [0.3, 0.4) is 0 Å². The molecule has 2 aromatic heterocycles. The maximum absolute atomic E-state index is 12.9. The van der Waals surface area contributed by atoms with E-state index in [-0.39, 0.29) is 5.91 Å². The minimum Gasteiger partial charge on any atom is -0.493 e. The Morgan fingerprint density at radius 1 is 0.875 bits per heavy atom. The Bertz CT molecular complexity index is 1650. The number of carbonyl (C=O) groups is 1. The lowest BCUT2D eigenvalue weighted by Gasteiger charge is -2.11. The molecule has 2 heterocycles. The largest absolute Gasteiger partial charge is 0.493 e. The quantitative estimate of drug-likeness (QED) is 0.190. The zero-order valence-corrected chi connectivity index (χ0v) is 23.8. The molecule has 0 atom stereocenters. The average molecular weight is 575 g/mol. The highest BCUT2D eigenvalue weighted by atomic mass is 35.5. The molecule has 204 valence electrons. The van der Waals surface area contributed by atoms with Crippen molar-refractivity contribution >= 4 is 34.8 Å². The van der Waals surface area contributed by atoms with Crippen LogP contribution in [-0.4, -0.2) is 36.1 Å². The van der Waals surface area contributed by atoms with Gasteiger partial charge in [-0.2, -0.15) is 0 Å². The monoisotopic (exact) mass is 573 g/mol. The number of benzene rings is 3. The Morgan fingerprint density at radius 3 is 2.38 bits per heavy atom. The standard InChI is InChI=1S/C32H29Cl2N3O3/c1-39-28-14-7-21(19-29(28)40-2)17-18-35-31(38)16-13-27-32(22-8-11-24(33)12-9-22)36-30-15-10-23(20-37(27)30)25-5-3-4-6-26(25)34/h3-12,14-15,19-20H,13,16-18H2,1-2H3,(H,35,38). The second kappa shape index (κ2) is 12.5. The van der Waals surface area contributed by atoms with Crippen molar-refractivity contribution in [1.82, 2.24) is 14.7 Å². The normalized spacial score (nSPS) is 11.0. The van der Waals surface area contributed by atoms with Crippen molar-refractivity contribution < 1.29 is 14.3 Å². The zero-order valence-electron chi connectivity index (χ0n) is 22.3. The molecule has 1 amide bonds. The van der Waals surface area contributed by atoms with Crippen LogP contribution in [0.15, 0.2) is 85.1 Å². The molecular formula is C32H29Cl2N3O3. The first kappa shape index (κ1) is 27.6. The molecule has 0 radical (unpaired) electrons. The summed E-state index contributed by atoms with van der Waals surface area (Å²) in [6.07, 6.45) is 3.54. The van der Waals surface area contributed by atoms with Gasteiger partial charge in [-0.05, 0) is 66.4 Å². The third-order valence-corrected chi connectivity index (χ3v) is 7.37. The van der Waals surface area contributed by atoms with Gasteiger partial charge in [-0.3, -0.25) is 4.79 Å². The number of nitrogens with one attached hydrogen (secondary N) is 1. The fourth-order valence-corrected chi connectivity index (χ4v) is 5.10. The number of carbonyl (C=O) groups excluding carboxylic acids is 1. The molecular weight excluding hydrogens is 545 g/mol. The van der Waals surface area contributed by atoms with E-state index in [9.17, 15) is 4.79 Å². The van der Waals surface area contributed by atoms with Gasteiger partial charge in [0.15, 0.2) is 11.5 Å². The van der Waals surface area contributed by atoms with Crippen LogP contribution >= 0.6 is 23.2 Å². The molecule has 0 fully saturated rings. The van der Waals surface area contributed by atoms with Crippen molar-refractivity contribution in [3.8, 4) is 33.9 Å². The Kier molecular flexibility index (Phi) is 8.58. The molecule has 0 saturated carbocycles. The van der Waals surface area contributed by atoms with Gasteiger partial charge in [-0.1, -0.05) is 59.6 Å². The number of fused-ring (bicyclic) bond motifs is 1. The van der Waals surface area contributed by atoms with E-state index in [0.717, 1.165) is 39.3 Å². The smallest absolute Gasteiger partial charge is 0.220 e. The Hall–Kier alpha value is -4.00. The minimum atomic E-state index is -0.0280. The summed E-state index contributed by atoms with van der Waals surface area (Å²) in [4.78, 5) is 17.8. The molecule has 0 unspecified atom stereocenters. The summed E-state index contributed by atoms with van der Waals surface area (Å²) in [5.41, 5.74) is 6.47. The fraction of sp³-hybridized carbons (Fsp3) is 0.188. The Balaban J connectivity index is 1.36. The van der Waals surface area contributed by atoms with Gasteiger partial charge in [0.1, 0.15) is 5.65 Å². The topological polar surface area (TPSA) is 64.9 Å². The number of methoxy groups -OCH3 is 2. The van der Waals surface area contributed by atoms with E-state index in [1.807, 2.05) is 85.1 Å². The number of aryl methyl sites for hydroxylation is 1. The average Bonchev–Trinajstić information content (AvgIpc) is 3.34. The predicted octanol–water partition coefficient (Wildman–Crippen LogP) is 7.28. The summed E-state index contributed by atoms with van der Waals surface area (Å²) in [5, 5.41) is 4.38. The zero-order chi connectivity index (χ0) is 28.1. The third-order valence-electron chi connectivity index (χ3n) is 6.79. The number of imidazole rings is 1. The van der Waals surface area contributed by atoms with Gasteiger partial charge in [0.2, 0.25) is 5.91 Å². The first-order valence-electron chi connectivity index (χ1n) is 13.0. The van der Waals surface area contributed by atoms with Crippen LogP contribution < -0.4 is 14.8 Å². The molecule has 5 rings (SSSR count). The van der Waals surface area contributed by atoms with Crippen LogP contribution in [0, 0.1) is 0 Å². The first-order valence-corrected chi connectivity index (χ1v) is 13.7. The van der Waals surface area contributed by atoms with Gasteiger partial charge in [-0.25, -0.2) is 4.98 Å². The van der Waals surface area contributed by atoms with Crippen LogP contribution in [0.2, 0.25) is 10.0 Å². The first-order chi connectivity index (χ1) is 19.5. The van der Waals surface area contributed by atoms with Crippen molar-refractivity contribution in [2.75, 3.05) is 20.8 Å². The third kappa shape index (κ3) is 6.09. The maximum atomic E-state index is 12.9. The SMILES string of the molecule is COc1ccc(CCNC(=O)CCc2c(-c3ccc(Cl)cc3)nc3ccc(-c4ccccc4Cl)cn23)cc1OC. The number of halogens is 2. The maximum Gasteiger partial charge on any atom is 0.220 e. The highest BCUT2D eigenvalue weighted by molar-refractivity contribution is 6.33. The van der Waals surface area contributed by atoms with Gasteiger partial charge >= 0.3 is 0 Å². The molecule has 5 aromatic rings. The predicted molar refractivity (Wildman–Crippen MR) is 161 cm³/mol. The van der Waals surface area contributed by atoms with E-state index in [0.29, 0.717) is 47.4 Å². The Labute approximate surface area is 243 Å². The van der Waals surface area contributed by atoms with E-state index < -0.39 is 0 Å². The van der Waals surface area contributed by atoms with E-state index >= 15 is 0 Å². The van der Waals surface area contributed by atoms with Crippen LogP contribution in [0.5, 0.6) is 11.5 Å². The van der Waals surface area contributed by atoms with E-state index in [4.69, 9.17) is 37.7 Å². The second-order valence-corrected chi connectivity index (χ2v) is 10.2. The van der Waals surface area contributed by atoms with Crippen molar-refractivity contribution in [2.45, 2.75) is 19.3 Å².